The van der Waals surface area contributed by atoms with Crippen molar-refractivity contribution in [2.45, 2.75) is 24.0 Å². The minimum Gasteiger partial charge on any atom is -0.396 e. The van der Waals surface area contributed by atoms with Gasteiger partial charge in [0, 0.05) is 11.1 Å². The highest BCUT2D eigenvalue weighted by Crippen LogP contribution is 2.48. The van der Waals surface area contributed by atoms with E-state index in [9.17, 15) is 13.5 Å². The lowest BCUT2D eigenvalue weighted by atomic mass is 10.2. The number of aliphatic hydroxyl groups is 1. The van der Waals surface area contributed by atoms with Gasteiger partial charge in [0.25, 0.3) is 0 Å². The van der Waals surface area contributed by atoms with Crippen molar-refractivity contribution in [1.29, 1.82) is 0 Å². The van der Waals surface area contributed by atoms with Gasteiger partial charge < -0.3 is 10.4 Å². The number of aromatic nitrogens is 2. The van der Waals surface area contributed by atoms with Crippen LogP contribution in [-0.2, 0) is 10.0 Å². The summed E-state index contributed by atoms with van der Waals surface area (Å²) in [6.45, 7) is -0.192. The zero-order chi connectivity index (χ0) is 20.8. The molecule has 7 nitrogen and oxygen atoms in total. The zero-order valence-corrected chi connectivity index (χ0v) is 18.9. The molecular weight excluding hydrogens is 503 g/mol. The smallest absolute Gasteiger partial charge is 0.238 e. The normalized spacial score (nSPS) is 15.4. The summed E-state index contributed by atoms with van der Waals surface area (Å²) in [5.41, 5.74) is 1.80. The summed E-state index contributed by atoms with van der Waals surface area (Å²) in [5, 5.41) is 17.2. The average Bonchev–Trinajstić information content (AvgIpc) is 3.30. The number of anilines is 3. The van der Waals surface area contributed by atoms with Crippen LogP contribution in [0.4, 0.5) is 17.1 Å². The van der Waals surface area contributed by atoms with Crippen LogP contribution in [0, 0.1) is 0 Å². The Labute approximate surface area is 186 Å². The van der Waals surface area contributed by atoms with Gasteiger partial charge in [-0.3, -0.25) is 4.72 Å². The molecule has 1 fully saturated rings. The molecule has 0 bridgehead atoms. The van der Waals surface area contributed by atoms with Crippen LogP contribution in [0.3, 0.4) is 0 Å². The molecule has 29 heavy (non-hydrogen) atoms. The van der Waals surface area contributed by atoms with Gasteiger partial charge in [0.2, 0.25) is 10.0 Å². The van der Waals surface area contributed by atoms with Crippen molar-refractivity contribution in [3.05, 3.63) is 51.2 Å². The van der Waals surface area contributed by atoms with Crippen LogP contribution in [-0.4, -0.2) is 34.5 Å². The van der Waals surface area contributed by atoms with Crippen LogP contribution in [0.1, 0.15) is 19.3 Å². The molecule has 2 heterocycles. The Hall–Kier alpha value is -1.52. The van der Waals surface area contributed by atoms with E-state index in [-0.39, 0.29) is 23.9 Å². The van der Waals surface area contributed by atoms with E-state index in [0.29, 0.717) is 34.8 Å². The van der Waals surface area contributed by atoms with Crippen LogP contribution in [0.5, 0.6) is 0 Å². The van der Waals surface area contributed by atoms with Crippen molar-refractivity contribution in [2.75, 3.05) is 16.6 Å². The lowest BCUT2D eigenvalue weighted by Gasteiger charge is -2.21. The summed E-state index contributed by atoms with van der Waals surface area (Å²) in [4.78, 5) is 0. The first-order valence-corrected chi connectivity index (χ1v) is 11.8. The topological polar surface area (TPSA) is 95.7 Å². The van der Waals surface area contributed by atoms with Crippen molar-refractivity contribution in [3.8, 4) is 0 Å². The van der Waals surface area contributed by atoms with E-state index in [4.69, 9.17) is 23.2 Å². The predicted molar refractivity (Wildman–Crippen MR) is 119 cm³/mol. The number of hydrogen-bond acceptors (Lipinski definition) is 5. The minimum absolute atomic E-state index is 0.187. The first kappa shape index (κ1) is 20.7. The van der Waals surface area contributed by atoms with Crippen molar-refractivity contribution in [3.63, 3.8) is 0 Å². The zero-order valence-electron chi connectivity index (χ0n) is 15.0. The summed E-state index contributed by atoms with van der Waals surface area (Å²) >= 11 is 16.2. The number of pyridine rings is 1. The van der Waals surface area contributed by atoms with Crippen molar-refractivity contribution < 1.29 is 13.5 Å². The number of nitrogens with one attached hydrogen (secondary N) is 2. The largest absolute Gasteiger partial charge is 0.396 e. The maximum atomic E-state index is 13.0. The fourth-order valence-corrected chi connectivity index (χ4v) is 5.88. The number of nitrogens with zero attached hydrogens (tertiary/aromatic N) is 2. The Morgan fingerprint density at radius 3 is 2.62 bits per heavy atom. The molecule has 0 amide bonds. The Kier molecular flexibility index (Phi) is 5.45. The third kappa shape index (κ3) is 3.82. The number of hydrogen-bond donors (Lipinski definition) is 3. The number of rotatable bonds is 7. The van der Waals surface area contributed by atoms with Gasteiger partial charge in [-0.15, -0.1) is 0 Å². The second-order valence-corrected chi connectivity index (χ2v) is 10.7. The molecule has 0 atom stereocenters. The van der Waals surface area contributed by atoms with Gasteiger partial charge in [0.1, 0.15) is 5.69 Å². The molecule has 0 spiro atoms. The quantitative estimate of drug-likeness (QED) is 0.389. The molecule has 1 saturated carbocycles. The van der Waals surface area contributed by atoms with Gasteiger partial charge in [-0.05, 0) is 49.6 Å². The number of fused-ring (bicyclic) bond motifs is 1. The lowest BCUT2D eigenvalue weighted by Crippen LogP contribution is -2.31. The van der Waals surface area contributed by atoms with Crippen LogP contribution < -0.4 is 10.0 Å². The van der Waals surface area contributed by atoms with E-state index in [0.717, 1.165) is 4.47 Å². The highest BCUT2D eigenvalue weighted by molar-refractivity contribution is 9.10. The average molecular weight is 520 g/mol. The molecule has 2 aromatic heterocycles. The highest BCUT2D eigenvalue weighted by atomic mass is 79.9. The van der Waals surface area contributed by atoms with Crippen LogP contribution in [0.15, 0.2) is 41.0 Å². The first-order valence-electron chi connectivity index (χ1n) is 8.78. The molecule has 3 aromatic rings. The lowest BCUT2D eigenvalue weighted by molar-refractivity contribution is 0.283. The molecule has 0 aliphatic heterocycles. The number of aliphatic hydroxyl groups excluding tert-OH is 1. The minimum atomic E-state index is -3.74. The number of sulfonamides is 1. The molecule has 1 aliphatic carbocycles. The van der Waals surface area contributed by atoms with E-state index in [1.165, 1.54) is 4.52 Å². The van der Waals surface area contributed by atoms with Gasteiger partial charge >= 0.3 is 0 Å². The molecule has 0 unspecified atom stereocenters. The Bertz CT molecular complexity index is 1200. The van der Waals surface area contributed by atoms with Crippen molar-refractivity contribution in [1.82, 2.24) is 9.61 Å². The van der Waals surface area contributed by atoms with Gasteiger partial charge in [-0.2, -0.15) is 5.10 Å². The highest BCUT2D eigenvalue weighted by Gasteiger charge is 2.54. The molecule has 1 aliphatic rings. The maximum Gasteiger partial charge on any atom is 0.238 e. The Morgan fingerprint density at radius 2 is 1.97 bits per heavy atom. The molecular formula is C18H17BrCl2N4O3S. The second kappa shape index (κ2) is 7.63. The summed E-state index contributed by atoms with van der Waals surface area (Å²) in [6.07, 6.45) is 2.77. The number of halogens is 3. The fraction of sp³-hybridized carbons (Fsp3) is 0.278. The SMILES string of the molecule is O=S(=O)(Nc1cc2ccnn2c(Cl)c1Nc1ccc(Br)cc1Cl)C1(CCO)CC1. The molecule has 154 valence electrons. The van der Waals surface area contributed by atoms with Gasteiger partial charge in [0.15, 0.2) is 5.15 Å². The maximum absolute atomic E-state index is 13.0. The predicted octanol–water partition coefficient (Wildman–Crippen LogP) is 4.80. The van der Waals surface area contributed by atoms with E-state index >= 15 is 0 Å². The molecule has 4 rings (SSSR count). The molecule has 0 radical (unpaired) electrons. The van der Waals surface area contributed by atoms with Crippen LogP contribution in [0.25, 0.3) is 5.52 Å². The first-order chi connectivity index (χ1) is 13.8. The van der Waals surface area contributed by atoms with Crippen molar-refractivity contribution >= 4 is 71.7 Å². The fourth-order valence-electron chi connectivity index (χ4n) is 3.20. The van der Waals surface area contributed by atoms with Crippen LogP contribution >= 0.6 is 39.1 Å². The van der Waals surface area contributed by atoms with Gasteiger partial charge in [-0.25, -0.2) is 12.9 Å². The van der Waals surface area contributed by atoms with E-state index in [1.54, 1.807) is 36.5 Å². The second-order valence-electron chi connectivity index (χ2n) is 6.90. The Morgan fingerprint density at radius 1 is 1.21 bits per heavy atom. The molecule has 11 heteroatoms. The van der Waals surface area contributed by atoms with Crippen LogP contribution in [0.2, 0.25) is 10.2 Å². The van der Waals surface area contributed by atoms with E-state index in [1.807, 2.05) is 0 Å². The van der Waals surface area contributed by atoms with E-state index in [2.05, 4.69) is 31.1 Å². The number of benzene rings is 1. The molecule has 3 N–H and O–H groups in total. The third-order valence-electron chi connectivity index (χ3n) is 5.01. The summed E-state index contributed by atoms with van der Waals surface area (Å²) < 4.78 is 30.1. The third-order valence-corrected chi connectivity index (χ3v) is 8.40. The monoisotopic (exact) mass is 518 g/mol. The summed E-state index contributed by atoms with van der Waals surface area (Å²) in [5.74, 6) is 0. The summed E-state index contributed by atoms with van der Waals surface area (Å²) in [7, 11) is -3.74. The Balaban J connectivity index is 1.79. The summed E-state index contributed by atoms with van der Waals surface area (Å²) in [6, 6.07) is 8.65. The molecule has 0 saturated heterocycles. The van der Waals surface area contributed by atoms with E-state index < -0.39 is 14.8 Å². The van der Waals surface area contributed by atoms with Crippen molar-refractivity contribution in [2.24, 2.45) is 0 Å². The van der Waals surface area contributed by atoms with Gasteiger partial charge in [0.05, 0.1) is 32.9 Å². The molecule has 1 aromatic carbocycles. The standard InChI is InChI=1S/C18H17BrCl2N4O3S/c19-11-1-2-14(13(20)9-11)23-16-15(10-12-3-7-22-25(12)17(16)21)24-29(27,28)18(4-5-18)6-8-26/h1-3,7,9-10,23-24,26H,4-6,8H2. The van der Waals surface area contributed by atoms with Gasteiger partial charge in [-0.1, -0.05) is 39.1 Å².